The molecule has 1 aliphatic rings. The van der Waals surface area contributed by atoms with Crippen LogP contribution in [0.1, 0.15) is 45.1 Å². The van der Waals surface area contributed by atoms with Gasteiger partial charge in [0.15, 0.2) is 5.78 Å². The SMILES string of the molecule is Cc1ccc(C(=O)[C@H]2CC(=O)Nc3c2c(C)nn3-c2ccccc2)cc1C. The third-order valence-corrected chi connectivity index (χ3v) is 5.21. The molecule has 0 fully saturated rings. The Kier molecular flexibility index (Phi) is 4.15. The fraction of sp³-hybridized carbons (Fsp3) is 0.227. The van der Waals surface area contributed by atoms with Crippen LogP contribution in [0.4, 0.5) is 5.82 Å². The van der Waals surface area contributed by atoms with Gasteiger partial charge >= 0.3 is 0 Å². The van der Waals surface area contributed by atoms with Crippen LogP contribution in [0.15, 0.2) is 48.5 Å². The highest BCUT2D eigenvalue weighted by Gasteiger charge is 2.36. The molecule has 1 aliphatic heterocycles. The molecule has 0 aliphatic carbocycles. The number of ketones is 1. The van der Waals surface area contributed by atoms with Gasteiger partial charge in [-0.15, -0.1) is 0 Å². The van der Waals surface area contributed by atoms with Gasteiger partial charge in [-0.05, 0) is 50.1 Å². The summed E-state index contributed by atoms with van der Waals surface area (Å²) in [6, 6.07) is 15.3. The Morgan fingerprint density at radius 2 is 1.81 bits per heavy atom. The molecular formula is C22H21N3O2. The molecule has 1 N–H and O–H groups in total. The topological polar surface area (TPSA) is 64.0 Å². The molecule has 0 spiro atoms. The molecule has 136 valence electrons. The van der Waals surface area contributed by atoms with Gasteiger partial charge in [-0.3, -0.25) is 9.59 Å². The minimum Gasteiger partial charge on any atom is -0.310 e. The van der Waals surface area contributed by atoms with Crippen molar-refractivity contribution in [2.24, 2.45) is 0 Å². The lowest BCUT2D eigenvalue weighted by Crippen LogP contribution is -2.28. The number of benzene rings is 2. The van der Waals surface area contributed by atoms with Crippen molar-refractivity contribution in [1.82, 2.24) is 9.78 Å². The largest absolute Gasteiger partial charge is 0.310 e. The van der Waals surface area contributed by atoms with Crippen molar-refractivity contribution < 1.29 is 9.59 Å². The van der Waals surface area contributed by atoms with Gasteiger partial charge in [-0.2, -0.15) is 5.10 Å². The Bertz CT molecular complexity index is 1050. The molecule has 0 saturated carbocycles. The number of nitrogens with one attached hydrogen (secondary N) is 1. The number of hydrogen-bond donors (Lipinski definition) is 1. The van der Waals surface area contributed by atoms with E-state index in [2.05, 4.69) is 10.4 Å². The first-order valence-electron chi connectivity index (χ1n) is 9.02. The summed E-state index contributed by atoms with van der Waals surface area (Å²) in [5.74, 6) is -0.128. The van der Waals surface area contributed by atoms with E-state index in [4.69, 9.17) is 0 Å². The molecule has 5 nitrogen and oxygen atoms in total. The maximum Gasteiger partial charge on any atom is 0.226 e. The second-order valence-electron chi connectivity index (χ2n) is 7.06. The average Bonchev–Trinajstić information content (AvgIpc) is 3.00. The molecule has 0 saturated heterocycles. The van der Waals surface area contributed by atoms with Crippen LogP contribution in [0, 0.1) is 20.8 Å². The van der Waals surface area contributed by atoms with E-state index in [9.17, 15) is 9.59 Å². The molecular weight excluding hydrogens is 338 g/mol. The van der Waals surface area contributed by atoms with Crippen LogP contribution in [0.3, 0.4) is 0 Å². The van der Waals surface area contributed by atoms with Gasteiger partial charge in [0.1, 0.15) is 5.82 Å². The van der Waals surface area contributed by atoms with Gasteiger partial charge in [0.05, 0.1) is 17.3 Å². The maximum absolute atomic E-state index is 13.3. The Labute approximate surface area is 158 Å². The summed E-state index contributed by atoms with van der Waals surface area (Å²) < 4.78 is 1.71. The number of nitrogens with zero attached hydrogens (tertiary/aromatic N) is 2. The van der Waals surface area contributed by atoms with Crippen LogP contribution in [0.5, 0.6) is 0 Å². The number of rotatable bonds is 3. The summed E-state index contributed by atoms with van der Waals surface area (Å²) in [5, 5.41) is 7.52. The fourth-order valence-corrected chi connectivity index (χ4v) is 3.62. The number of carbonyl (C=O) groups is 2. The minimum atomic E-state index is -0.520. The molecule has 0 bridgehead atoms. The first-order valence-corrected chi connectivity index (χ1v) is 9.02. The van der Waals surface area contributed by atoms with Crippen LogP contribution >= 0.6 is 0 Å². The molecule has 5 heteroatoms. The van der Waals surface area contributed by atoms with Crippen molar-refractivity contribution in [3.05, 3.63) is 76.5 Å². The lowest BCUT2D eigenvalue weighted by Gasteiger charge is -2.23. The van der Waals surface area contributed by atoms with Gasteiger partial charge in [0.25, 0.3) is 0 Å². The van der Waals surface area contributed by atoms with Gasteiger partial charge in [-0.25, -0.2) is 4.68 Å². The Balaban J connectivity index is 1.82. The van der Waals surface area contributed by atoms with Gasteiger partial charge in [-0.1, -0.05) is 30.3 Å². The summed E-state index contributed by atoms with van der Waals surface area (Å²) in [6.07, 6.45) is 0.139. The third-order valence-electron chi connectivity index (χ3n) is 5.21. The highest BCUT2D eigenvalue weighted by atomic mass is 16.2. The van der Waals surface area contributed by atoms with Crippen LogP contribution in [0.25, 0.3) is 5.69 Å². The van der Waals surface area contributed by atoms with E-state index < -0.39 is 5.92 Å². The number of carbonyl (C=O) groups excluding carboxylic acids is 2. The number of aromatic nitrogens is 2. The smallest absolute Gasteiger partial charge is 0.226 e. The Morgan fingerprint density at radius 1 is 1.07 bits per heavy atom. The summed E-state index contributed by atoms with van der Waals surface area (Å²) in [7, 11) is 0. The highest BCUT2D eigenvalue weighted by Crippen LogP contribution is 2.38. The van der Waals surface area contributed by atoms with Crippen molar-refractivity contribution in [2.45, 2.75) is 33.1 Å². The van der Waals surface area contributed by atoms with Crippen LogP contribution in [-0.2, 0) is 4.79 Å². The maximum atomic E-state index is 13.3. The number of Topliss-reactive ketones (excluding diaryl/α,β-unsaturated/α-hetero) is 1. The van der Waals surface area contributed by atoms with E-state index in [1.165, 1.54) is 0 Å². The normalized spacial score (nSPS) is 16.0. The van der Waals surface area contributed by atoms with Crippen molar-refractivity contribution in [2.75, 3.05) is 5.32 Å². The third kappa shape index (κ3) is 2.95. The number of para-hydroxylation sites is 1. The van der Waals surface area contributed by atoms with Crippen LogP contribution in [-0.4, -0.2) is 21.5 Å². The van der Waals surface area contributed by atoms with Crippen LogP contribution in [0.2, 0.25) is 0 Å². The molecule has 3 aromatic rings. The fourth-order valence-electron chi connectivity index (χ4n) is 3.62. The zero-order valence-electron chi connectivity index (χ0n) is 15.6. The molecule has 0 unspecified atom stereocenters. The van der Waals surface area contributed by atoms with Crippen molar-refractivity contribution in [1.29, 1.82) is 0 Å². The molecule has 1 atom stereocenters. The first-order chi connectivity index (χ1) is 13.0. The van der Waals surface area contributed by atoms with Crippen LogP contribution < -0.4 is 5.32 Å². The first kappa shape index (κ1) is 17.2. The van der Waals surface area contributed by atoms with Crippen molar-refractivity contribution in [3.63, 3.8) is 0 Å². The number of hydrogen-bond acceptors (Lipinski definition) is 3. The number of anilines is 1. The number of fused-ring (bicyclic) bond motifs is 1. The highest BCUT2D eigenvalue weighted by molar-refractivity contribution is 6.08. The van der Waals surface area contributed by atoms with E-state index in [0.29, 0.717) is 11.4 Å². The zero-order valence-corrected chi connectivity index (χ0v) is 15.6. The lowest BCUT2D eigenvalue weighted by molar-refractivity contribution is -0.116. The Hall–Kier alpha value is -3.21. The van der Waals surface area contributed by atoms with Gasteiger partial charge in [0, 0.05) is 17.5 Å². The van der Waals surface area contributed by atoms with Gasteiger partial charge < -0.3 is 5.32 Å². The van der Waals surface area contributed by atoms with Gasteiger partial charge in [0.2, 0.25) is 5.91 Å². The number of amides is 1. The second kappa shape index (κ2) is 6.50. The van der Waals surface area contributed by atoms with E-state index in [-0.39, 0.29) is 18.1 Å². The molecule has 0 radical (unpaired) electrons. The van der Waals surface area contributed by atoms with E-state index in [0.717, 1.165) is 28.1 Å². The quantitative estimate of drug-likeness (QED) is 0.716. The standard InChI is InChI=1S/C22H21N3O2/c1-13-9-10-16(11-14(13)2)21(27)18-12-19(26)23-22-20(18)15(3)24-25(22)17-7-5-4-6-8-17/h4-11,18H,12H2,1-3H3,(H,23,26)/t18-/m0/s1. The van der Waals surface area contributed by atoms with E-state index in [1.54, 1.807) is 4.68 Å². The monoisotopic (exact) mass is 359 g/mol. The van der Waals surface area contributed by atoms with E-state index >= 15 is 0 Å². The summed E-state index contributed by atoms with van der Waals surface area (Å²) in [4.78, 5) is 25.6. The molecule has 2 aromatic carbocycles. The molecule has 27 heavy (non-hydrogen) atoms. The average molecular weight is 359 g/mol. The lowest BCUT2D eigenvalue weighted by atomic mass is 9.85. The predicted octanol–water partition coefficient (Wildman–Crippen LogP) is 4.11. The van der Waals surface area contributed by atoms with E-state index in [1.807, 2.05) is 69.3 Å². The molecule has 1 aromatic heterocycles. The summed E-state index contributed by atoms with van der Waals surface area (Å²) in [5.41, 5.74) is 5.26. The number of aryl methyl sites for hydroxylation is 3. The molecule has 2 heterocycles. The minimum absolute atomic E-state index is 0.0371. The van der Waals surface area contributed by atoms with Crippen molar-refractivity contribution >= 4 is 17.5 Å². The molecule has 4 rings (SSSR count). The Morgan fingerprint density at radius 3 is 2.52 bits per heavy atom. The summed E-state index contributed by atoms with van der Waals surface area (Å²) in [6.45, 7) is 5.89. The molecule has 1 amide bonds. The zero-order chi connectivity index (χ0) is 19.1. The predicted molar refractivity (Wildman–Crippen MR) is 105 cm³/mol. The second-order valence-corrected chi connectivity index (χ2v) is 7.06. The van der Waals surface area contributed by atoms with Crippen molar-refractivity contribution in [3.8, 4) is 5.69 Å². The summed E-state index contributed by atoms with van der Waals surface area (Å²) >= 11 is 0.